The number of hydrogen-bond donors (Lipinski definition) is 1. The molecule has 1 saturated heterocycles. The van der Waals surface area contributed by atoms with Gasteiger partial charge in [0, 0.05) is 20.8 Å². The van der Waals surface area contributed by atoms with E-state index in [2.05, 4.69) is 20.9 Å². The molecule has 37 heavy (non-hydrogen) atoms. The first-order valence-electron chi connectivity index (χ1n) is 11.7. The third-order valence-electron chi connectivity index (χ3n) is 6.66. The third-order valence-corrected chi connectivity index (χ3v) is 9.55. The molecule has 0 spiro atoms. The van der Waals surface area contributed by atoms with Gasteiger partial charge in [0.15, 0.2) is 0 Å². The molecule has 4 aromatic rings. The van der Waals surface area contributed by atoms with Crippen molar-refractivity contribution in [2.24, 2.45) is 5.92 Å². The molecule has 9 heteroatoms. The highest BCUT2D eigenvalue weighted by Gasteiger charge is 2.56. The predicted molar refractivity (Wildman–Crippen MR) is 149 cm³/mol. The van der Waals surface area contributed by atoms with Gasteiger partial charge in [-0.2, -0.15) is 0 Å². The van der Waals surface area contributed by atoms with Crippen molar-refractivity contribution in [3.8, 4) is 5.75 Å². The minimum Gasteiger partial charge on any atom is -0.489 e. The number of aryl methyl sites for hydroxylation is 1. The fourth-order valence-electron chi connectivity index (χ4n) is 4.93. The van der Waals surface area contributed by atoms with E-state index in [1.54, 1.807) is 12.1 Å². The molecule has 6 nitrogen and oxygen atoms in total. The van der Waals surface area contributed by atoms with Crippen molar-refractivity contribution in [3.05, 3.63) is 109 Å². The lowest BCUT2D eigenvalue weighted by atomic mass is 9.82. The lowest BCUT2D eigenvalue weighted by molar-refractivity contribution is -0.122. The van der Waals surface area contributed by atoms with Gasteiger partial charge in [0.25, 0.3) is 0 Å². The van der Waals surface area contributed by atoms with E-state index in [0.717, 1.165) is 37.4 Å². The molecule has 0 bridgehead atoms. The number of fused-ring (bicyclic) bond motifs is 2. The van der Waals surface area contributed by atoms with Crippen LogP contribution in [0.3, 0.4) is 0 Å². The molecule has 6 rings (SSSR count). The molecule has 1 aromatic heterocycles. The van der Waals surface area contributed by atoms with E-state index in [0.29, 0.717) is 23.1 Å². The smallest absolute Gasteiger partial charge is 0.305 e. The van der Waals surface area contributed by atoms with Crippen LogP contribution in [-0.2, 0) is 16.2 Å². The van der Waals surface area contributed by atoms with Gasteiger partial charge in [-0.3, -0.25) is 14.4 Å². The lowest BCUT2D eigenvalue weighted by Crippen LogP contribution is -2.32. The third kappa shape index (κ3) is 4.35. The number of thiazole rings is 1. The van der Waals surface area contributed by atoms with Gasteiger partial charge in [-0.15, -0.1) is 0 Å². The molecule has 0 radical (unpaired) electrons. The van der Waals surface area contributed by atoms with Gasteiger partial charge in [0.2, 0.25) is 11.8 Å². The maximum atomic E-state index is 14.0. The summed E-state index contributed by atoms with van der Waals surface area (Å²) in [6.07, 6.45) is 0. The molecular formula is C28H21BrN2O4S2. The van der Waals surface area contributed by atoms with Crippen LogP contribution in [0.15, 0.2) is 87.1 Å². The average molecular weight is 594 g/mol. The number of benzene rings is 3. The topological polar surface area (TPSA) is 79.5 Å². The highest BCUT2D eigenvalue weighted by Crippen LogP contribution is 2.54. The second kappa shape index (κ2) is 9.63. The van der Waals surface area contributed by atoms with Gasteiger partial charge in [0.05, 0.1) is 16.6 Å². The maximum absolute atomic E-state index is 14.0. The van der Waals surface area contributed by atoms with E-state index in [9.17, 15) is 14.4 Å². The number of halogens is 1. The summed E-state index contributed by atoms with van der Waals surface area (Å²) in [5.74, 6) is -1.11. The van der Waals surface area contributed by atoms with Crippen LogP contribution in [0.2, 0.25) is 0 Å². The molecule has 0 unspecified atom stereocenters. The second-order valence-electron chi connectivity index (χ2n) is 9.05. The summed E-state index contributed by atoms with van der Waals surface area (Å²) in [7, 11) is 0. The van der Waals surface area contributed by atoms with Crippen LogP contribution in [0.25, 0.3) is 0 Å². The van der Waals surface area contributed by atoms with Crippen LogP contribution in [0, 0.1) is 12.8 Å². The number of hydrogen-bond acceptors (Lipinski definition) is 6. The zero-order valence-electron chi connectivity index (χ0n) is 19.6. The standard InChI is InChI=1S/C28H21BrN2O4S2/c1-15-7-10-18(11-8-15)31-26(32)22-21(23-25(30-28(34)37-23)36-24(22)27(31)33)19-13-17(29)9-12-20(19)35-14-16-5-3-2-4-6-16/h2-13,21-22,24H,14H2,1H3,(H,30,34)/t21-,22-,24+/m0/s1. The molecular weight excluding hydrogens is 572 g/mol. The van der Waals surface area contributed by atoms with Crippen molar-refractivity contribution in [2.75, 3.05) is 4.90 Å². The molecule has 2 aliphatic rings. The highest BCUT2D eigenvalue weighted by atomic mass is 79.9. The zero-order chi connectivity index (χ0) is 25.7. The Kier molecular flexibility index (Phi) is 6.30. The number of nitrogens with zero attached hydrogens (tertiary/aromatic N) is 1. The van der Waals surface area contributed by atoms with Crippen LogP contribution in [0.1, 0.15) is 27.5 Å². The number of aromatic amines is 1. The first-order valence-corrected chi connectivity index (χ1v) is 14.2. The molecule has 1 fully saturated rings. The number of thioether (sulfide) groups is 1. The van der Waals surface area contributed by atoms with Gasteiger partial charge in [-0.05, 0) is 42.8 Å². The van der Waals surface area contributed by atoms with E-state index in [-0.39, 0.29) is 16.7 Å². The molecule has 3 heterocycles. The van der Waals surface area contributed by atoms with Crippen molar-refractivity contribution in [3.63, 3.8) is 0 Å². The summed E-state index contributed by atoms with van der Waals surface area (Å²) in [6.45, 7) is 2.31. The lowest BCUT2D eigenvalue weighted by Gasteiger charge is -2.31. The Morgan fingerprint density at radius 3 is 2.49 bits per heavy atom. The fourth-order valence-corrected chi connectivity index (χ4v) is 7.81. The number of aromatic nitrogens is 1. The Morgan fingerprint density at radius 1 is 0.973 bits per heavy atom. The van der Waals surface area contributed by atoms with Gasteiger partial charge in [0.1, 0.15) is 17.6 Å². The molecule has 2 amide bonds. The summed E-state index contributed by atoms with van der Waals surface area (Å²) in [4.78, 5) is 44.8. The first-order chi connectivity index (χ1) is 17.9. The van der Waals surface area contributed by atoms with Crippen LogP contribution >= 0.6 is 39.0 Å². The van der Waals surface area contributed by atoms with E-state index < -0.39 is 17.1 Å². The van der Waals surface area contributed by atoms with Gasteiger partial charge in [-0.1, -0.05) is 87.1 Å². The average Bonchev–Trinajstić information content (AvgIpc) is 3.39. The van der Waals surface area contributed by atoms with E-state index in [4.69, 9.17) is 4.74 Å². The number of rotatable bonds is 5. The van der Waals surface area contributed by atoms with Crippen molar-refractivity contribution in [1.29, 1.82) is 0 Å². The molecule has 0 saturated carbocycles. The Morgan fingerprint density at radius 2 is 1.73 bits per heavy atom. The van der Waals surface area contributed by atoms with Crippen LogP contribution in [-0.4, -0.2) is 22.0 Å². The number of amides is 2. The minimum absolute atomic E-state index is 0.209. The Hall–Kier alpha value is -3.14. The van der Waals surface area contributed by atoms with Crippen molar-refractivity contribution in [1.82, 2.24) is 4.98 Å². The van der Waals surface area contributed by atoms with Gasteiger partial charge in [-0.25, -0.2) is 4.90 Å². The van der Waals surface area contributed by atoms with E-state index in [1.165, 1.54) is 16.7 Å². The van der Waals surface area contributed by atoms with Gasteiger partial charge >= 0.3 is 4.87 Å². The summed E-state index contributed by atoms with van der Waals surface area (Å²) in [6, 6.07) is 22.9. The Balaban J connectivity index is 1.45. The normalized spacial score (nSPS) is 20.6. The van der Waals surface area contributed by atoms with Crippen LogP contribution in [0.4, 0.5) is 5.69 Å². The van der Waals surface area contributed by atoms with Crippen molar-refractivity contribution >= 4 is 56.5 Å². The summed E-state index contributed by atoms with van der Waals surface area (Å²) < 4.78 is 7.09. The Labute approximate surface area is 229 Å². The van der Waals surface area contributed by atoms with Gasteiger partial charge < -0.3 is 9.72 Å². The minimum atomic E-state index is -0.675. The monoisotopic (exact) mass is 592 g/mol. The summed E-state index contributed by atoms with van der Waals surface area (Å²) in [5, 5.41) is -0.0142. The number of H-pyrrole nitrogens is 1. The van der Waals surface area contributed by atoms with Crippen molar-refractivity contribution < 1.29 is 14.3 Å². The first kappa shape index (κ1) is 24.2. The molecule has 1 N–H and O–H groups in total. The molecule has 3 atom stereocenters. The maximum Gasteiger partial charge on any atom is 0.305 e. The molecule has 2 aliphatic heterocycles. The summed E-state index contributed by atoms with van der Waals surface area (Å²) in [5.41, 5.74) is 3.38. The number of imide groups is 1. The van der Waals surface area contributed by atoms with Crippen LogP contribution in [0.5, 0.6) is 5.75 Å². The molecule has 186 valence electrons. The van der Waals surface area contributed by atoms with Crippen molar-refractivity contribution in [2.45, 2.75) is 29.7 Å². The van der Waals surface area contributed by atoms with Crippen LogP contribution < -0.4 is 14.5 Å². The zero-order valence-corrected chi connectivity index (χ0v) is 22.9. The number of ether oxygens (including phenoxy) is 1. The Bertz CT molecular complexity index is 1570. The quantitative estimate of drug-likeness (QED) is 0.293. The number of carbonyl (C=O) groups is 2. The fraction of sp³-hybridized carbons (Fsp3) is 0.179. The number of nitrogens with one attached hydrogen (secondary N) is 1. The van der Waals surface area contributed by atoms with E-state index in [1.807, 2.05) is 67.6 Å². The number of anilines is 1. The summed E-state index contributed by atoms with van der Waals surface area (Å²) >= 11 is 5.93. The van der Waals surface area contributed by atoms with E-state index >= 15 is 0 Å². The SMILES string of the molecule is Cc1ccc(N2C(=O)[C@H]3[C@H](c4cc(Br)ccc4OCc4ccccc4)c4sc(=O)[nH]c4S[C@H]3C2=O)cc1. The predicted octanol–water partition coefficient (Wildman–Crippen LogP) is 5.88. The second-order valence-corrected chi connectivity index (χ2v) is 12.1. The number of carbonyl (C=O) groups excluding carboxylic acids is 2. The largest absolute Gasteiger partial charge is 0.489 e. The highest BCUT2D eigenvalue weighted by molar-refractivity contribution is 9.10. The molecule has 3 aromatic carbocycles. The molecule has 0 aliphatic carbocycles.